The molecule has 2 atom stereocenters. The zero-order valence-electron chi connectivity index (χ0n) is 15.8. The topological polar surface area (TPSA) is 41.9 Å². The number of hydrogen-bond acceptors (Lipinski definition) is 4. The lowest BCUT2D eigenvalue weighted by Gasteiger charge is -2.38. The lowest BCUT2D eigenvalue weighted by atomic mass is 9.85. The van der Waals surface area contributed by atoms with Crippen LogP contribution in [0, 0.1) is 0 Å². The van der Waals surface area contributed by atoms with Gasteiger partial charge in [0, 0.05) is 23.8 Å². The summed E-state index contributed by atoms with van der Waals surface area (Å²) in [5.41, 5.74) is 1.35. The molecule has 1 heterocycles. The maximum absolute atomic E-state index is 11.2. The zero-order valence-corrected chi connectivity index (χ0v) is 17.3. The van der Waals surface area contributed by atoms with E-state index in [0.717, 1.165) is 61.0 Å². The van der Waals surface area contributed by atoms with Crippen molar-refractivity contribution < 1.29 is 14.6 Å². The number of rotatable bonds is 9. The first-order valence-electron chi connectivity index (χ1n) is 9.40. The van der Waals surface area contributed by atoms with Gasteiger partial charge in [-0.3, -0.25) is 0 Å². The van der Waals surface area contributed by atoms with Crippen molar-refractivity contribution in [3.63, 3.8) is 0 Å². The Morgan fingerprint density at radius 3 is 2.80 bits per heavy atom. The van der Waals surface area contributed by atoms with Crippen LogP contribution in [0.3, 0.4) is 0 Å². The van der Waals surface area contributed by atoms with Crippen LogP contribution in [0.5, 0.6) is 0 Å². The minimum absolute atomic E-state index is 0.204. The predicted molar refractivity (Wildman–Crippen MR) is 106 cm³/mol. The molecule has 1 fully saturated rings. The fourth-order valence-corrected chi connectivity index (χ4v) is 4.01. The first-order valence-corrected chi connectivity index (χ1v) is 10.2. The first kappa shape index (κ1) is 20.7. The van der Waals surface area contributed by atoms with Crippen molar-refractivity contribution in [3.8, 4) is 0 Å². The molecule has 0 radical (unpaired) electrons. The molecule has 1 aliphatic heterocycles. The summed E-state index contributed by atoms with van der Waals surface area (Å²) < 4.78 is 12.0. The van der Waals surface area contributed by atoms with Gasteiger partial charge in [0.25, 0.3) is 0 Å². The Labute approximate surface area is 160 Å². The molecule has 2 rings (SSSR count). The summed E-state index contributed by atoms with van der Waals surface area (Å²) >= 11 is 3.64. The van der Waals surface area contributed by atoms with Crippen molar-refractivity contribution in [3.05, 3.63) is 28.2 Å². The highest BCUT2D eigenvalue weighted by Crippen LogP contribution is 2.36. The molecule has 0 amide bonds. The van der Waals surface area contributed by atoms with E-state index in [2.05, 4.69) is 52.9 Å². The molecule has 1 aromatic carbocycles. The van der Waals surface area contributed by atoms with Crippen molar-refractivity contribution in [2.45, 2.75) is 57.6 Å². The van der Waals surface area contributed by atoms with Crippen molar-refractivity contribution in [1.29, 1.82) is 0 Å². The van der Waals surface area contributed by atoms with E-state index < -0.39 is 5.60 Å². The van der Waals surface area contributed by atoms with E-state index in [0.29, 0.717) is 13.2 Å². The van der Waals surface area contributed by atoms with Gasteiger partial charge in [0.1, 0.15) is 0 Å². The number of nitrogens with zero attached hydrogens (tertiary/aromatic N) is 1. The Balaban J connectivity index is 2.28. The molecule has 4 nitrogen and oxygen atoms in total. The number of benzene rings is 1. The van der Waals surface area contributed by atoms with Crippen LogP contribution in [0.15, 0.2) is 22.7 Å². The van der Waals surface area contributed by atoms with E-state index in [1.807, 2.05) is 0 Å². The summed E-state index contributed by atoms with van der Waals surface area (Å²) in [5, 5.41) is 11.2. The van der Waals surface area contributed by atoms with Gasteiger partial charge in [0.05, 0.1) is 31.5 Å². The highest BCUT2D eigenvalue weighted by Gasteiger charge is 2.29. The number of halogens is 1. The molecule has 1 aromatic rings. The Morgan fingerprint density at radius 1 is 1.32 bits per heavy atom. The van der Waals surface area contributed by atoms with E-state index in [-0.39, 0.29) is 6.04 Å². The second-order valence-electron chi connectivity index (χ2n) is 6.92. The van der Waals surface area contributed by atoms with Crippen molar-refractivity contribution in [1.82, 2.24) is 0 Å². The van der Waals surface area contributed by atoms with Gasteiger partial charge in [-0.1, -0.05) is 49.0 Å². The molecule has 0 bridgehead atoms. The second-order valence-corrected chi connectivity index (χ2v) is 7.83. The van der Waals surface area contributed by atoms with Crippen molar-refractivity contribution in [2.75, 3.05) is 38.4 Å². The Bertz CT molecular complexity index is 538. The molecular weight excluding hydrogens is 382 g/mol. The first-order chi connectivity index (χ1) is 12.0. The number of anilines is 1. The minimum atomic E-state index is -0.767. The van der Waals surface area contributed by atoms with Gasteiger partial charge in [-0.2, -0.15) is 0 Å². The maximum atomic E-state index is 11.2. The van der Waals surface area contributed by atoms with Gasteiger partial charge in [0.15, 0.2) is 0 Å². The lowest BCUT2D eigenvalue weighted by Crippen LogP contribution is -2.48. The van der Waals surface area contributed by atoms with Crippen molar-refractivity contribution in [2.24, 2.45) is 0 Å². The molecule has 25 heavy (non-hydrogen) atoms. The van der Waals surface area contributed by atoms with E-state index in [1.54, 1.807) is 7.11 Å². The van der Waals surface area contributed by atoms with Crippen LogP contribution >= 0.6 is 15.9 Å². The Kier molecular flexibility index (Phi) is 8.20. The van der Waals surface area contributed by atoms with Crippen LogP contribution in [0.1, 0.15) is 51.5 Å². The summed E-state index contributed by atoms with van der Waals surface area (Å²) in [6.07, 6.45) is 4.89. The van der Waals surface area contributed by atoms with Crippen LogP contribution in [0.25, 0.3) is 0 Å². The average Bonchev–Trinajstić information content (AvgIpc) is 2.62. The van der Waals surface area contributed by atoms with Gasteiger partial charge in [0.2, 0.25) is 0 Å². The molecule has 5 heteroatoms. The molecule has 0 saturated carbocycles. The predicted octanol–water partition coefficient (Wildman–Crippen LogP) is 4.48. The van der Waals surface area contributed by atoms with Gasteiger partial charge in [-0.15, -0.1) is 0 Å². The molecule has 0 aliphatic carbocycles. The van der Waals surface area contributed by atoms with Crippen LogP contribution in [0.2, 0.25) is 0 Å². The average molecular weight is 414 g/mol. The molecule has 1 unspecified atom stereocenters. The SMILES string of the molecule is CCCCC[C@](O)(CC)c1cc(Br)cc(N2CCOCC2COC)c1. The highest BCUT2D eigenvalue weighted by atomic mass is 79.9. The quantitative estimate of drug-likeness (QED) is 0.605. The fourth-order valence-electron chi connectivity index (χ4n) is 3.53. The number of aliphatic hydroxyl groups is 1. The number of ether oxygens (including phenoxy) is 2. The second kappa shape index (κ2) is 9.91. The Hall–Kier alpha value is -0.620. The number of unbranched alkanes of at least 4 members (excludes halogenated alkanes) is 2. The summed E-state index contributed by atoms with van der Waals surface area (Å²) in [7, 11) is 1.72. The fraction of sp³-hybridized carbons (Fsp3) is 0.700. The standard InChI is InChI=1S/C20H32BrNO3/c1-4-6-7-8-20(23,5-2)16-11-17(21)13-18(12-16)22-9-10-25-15-19(22)14-24-3/h11-13,19,23H,4-10,14-15H2,1-3H3/t19?,20-/m1/s1. The minimum Gasteiger partial charge on any atom is -0.385 e. The third-order valence-corrected chi connectivity index (χ3v) is 5.57. The van der Waals surface area contributed by atoms with Gasteiger partial charge in [-0.25, -0.2) is 0 Å². The molecule has 0 spiro atoms. The third kappa shape index (κ3) is 5.43. The van der Waals surface area contributed by atoms with E-state index in [4.69, 9.17) is 9.47 Å². The summed E-state index contributed by atoms with van der Waals surface area (Å²) in [4.78, 5) is 2.34. The van der Waals surface area contributed by atoms with Crippen molar-refractivity contribution >= 4 is 21.6 Å². The molecule has 142 valence electrons. The highest BCUT2D eigenvalue weighted by molar-refractivity contribution is 9.10. The molecule has 1 N–H and O–H groups in total. The number of morpholine rings is 1. The normalized spacial score (nSPS) is 20.5. The Morgan fingerprint density at radius 2 is 2.12 bits per heavy atom. The molecular formula is C20H32BrNO3. The summed E-state index contributed by atoms with van der Waals surface area (Å²) in [5.74, 6) is 0. The summed E-state index contributed by atoms with van der Waals surface area (Å²) in [6.45, 7) is 7.12. The van der Waals surface area contributed by atoms with Gasteiger partial charge >= 0.3 is 0 Å². The van der Waals surface area contributed by atoms with E-state index >= 15 is 0 Å². The van der Waals surface area contributed by atoms with Gasteiger partial charge in [-0.05, 0) is 36.6 Å². The van der Waals surface area contributed by atoms with Crippen LogP contribution in [0.4, 0.5) is 5.69 Å². The van der Waals surface area contributed by atoms with E-state index in [9.17, 15) is 5.11 Å². The van der Waals surface area contributed by atoms with Gasteiger partial charge < -0.3 is 19.5 Å². The molecule has 0 aromatic heterocycles. The van der Waals surface area contributed by atoms with Crippen LogP contribution in [-0.2, 0) is 15.1 Å². The molecule has 1 saturated heterocycles. The lowest BCUT2D eigenvalue weighted by molar-refractivity contribution is 0.0207. The smallest absolute Gasteiger partial charge is 0.0895 e. The molecule has 1 aliphatic rings. The maximum Gasteiger partial charge on any atom is 0.0895 e. The number of methoxy groups -OCH3 is 1. The zero-order chi connectivity index (χ0) is 18.3. The van der Waals surface area contributed by atoms with Crippen LogP contribution < -0.4 is 4.90 Å². The largest absolute Gasteiger partial charge is 0.385 e. The third-order valence-electron chi connectivity index (χ3n) is 5.12. The van der Waals surface area contributed by atoms with E-state index in [1.165, 1.54) is 0 Å². The monoisotopic (exact) mass is 413 g/mol. The number of hydrogen-bond donors (Lipinski definition) is 1. The van der Waals surface area contributed by atoms with Crippen LogP contribution in [-0.4, -0.2) is 44.6 Å². The summed E-state index contributed by atoms with van der Waals surface area (Å²) in [6, 6.07) is 6.54.